The Bertz CT molecular complexity index is 112. The van der Waals surface area contributed by atoms with E-state index in [0.29, 0.717) is 6.42 Å². The summed E-state index contributed by atoms with van der Waals surface area (Å²) in [6.07, 6.45) is -1.09. The number of nitrogens with two attached hydrogens (primary N) is 1. The van der Waals surface area contributed by atoms with Crippen molar-refractivity contribution in [3.63, 3.8) is 0 Å². The van der Waals surface area contributed by atoms with Gasteiger partial charge in [0.2, 0.25) is 5.91 Å². The van der Waals surface area contributed by atoms with Crippen LogP contribution in [0, 0.1) is 0 Å². The Hall–Kier alpha value is -0.610. The lowest BCUT2D eigenvalue weighted by Gasteiger charge is -2.16. The summed E-state index contributed by atoms with van der Waals surface area (Å²) in [5.41, 5.74) is 4.82. The summed E-state index contributed by atoms with van der Waals surface area (Å²) >= 11 is 0. The number of rotatable bonds is 4. The van der Waals surface area contributed by atoms with Crippen molar-refractivity contribution >= 4 is 5.91 Å². The van der Waals surface area contributed by atoms with E-state index in [0.717, 1.165) is 0 Å². The predicted molar refractivity (Wildman–Crippen MR) is 36.3 cm³/mol. The number of aliphatic hydroxyl groups is 1. The van der Waals surface area contributed by atoms with Crippen molar-refractivity contribution in [3.05, 3.63) is 0 Å². The first kappa shape index (κ1) is 9.39. The van der Waals surface area contributed by atoms with Gasteiger partial charge in [-0.1, -0.05) is 6.92 Å². The molecule has 0 saturated carbocycles. The summed E-state index contributed by atoms with van der Waals surface area (Å²) in [4.78, 5) is 10.4. The number of hydrogen-bond donors (Lipinski definition) is 2. The standard InChI is InChI=1S/C6H13NO3/c1-3-4(10-2)5(8)6(7)9/h4-5,8H,3H2,1-2H3,(H2,7,9). The van der Waals surface area contributed by atoms with Crippen LogP contribution in [0.3, 0.4) is 0 Å². The van der Waals surface area contributed by atoms with Gasteiger partial charge < -0.3 is 15.6 Å². The Balaban J connectivity index is 3.88. The van der Waals surface area contributed by atoms with Gasteiger partial charge in [0.25, 0.3) is 0 Å². The number of hydrogen-bond acceptors (Lipinski definition) is 3. The van der Waals surface area contributed by atoms with Gasteiger partial charge in [-0.15, -0.1) is 0 Å². The van der Waals surface area contributed by atoms with E-state index >= 15 is 0 Å². The number of aliphatic hydroxyl groups excluding tert-OH is 1. The van der Waals surface area contributed by atoms with E-state index in [1.54, 1.807) is 6.92 Å². The Morgan fingerprint density at radius 3 is 2.40 bits per heavy atom. The molecule has 0 saturated heterocycles. The minimum atomic E-state index is -1.19. The normalized spacial score (nSPS) is 16.3. The summed E-state index contributed by atoms with van der Waals surface area (Å²) in [5.74, 6) is -0.742. The largest absolute Gasteiger partial charge is 0.381 e. The molecule has 1 amide bonds. The van der Waals surface area contributed by atoms with Crippen molar-refractivity contribution < 1.29 is 14.6 Å². The molecule has 0 aliphatic rings. The molecule has 4 nitrogen and oxygen atoms in total. The lowest BCUT2D eigenvalue weighted by Crippen LogP contribution is -2.39. The van der Waals surface area contributed by atoms with E-state index in [9.17, 15) is 4.79 Å². The summed E-state index contributed by atoms with van der Waals surface area (Å²) in [6.45, 7) is 1.81. The van der Waals surface area contributed by atoms with Crippen molar-refractivity contribution in [1.82, 2.24) is 0 Å². The minimum absolute atomic E-state index is 0.475. The van der Waals surface area contributed by atoms with Gasteiger partial charge in [0.15, 0.2) is 6.10 Å². The average Bonchev–Trinajstić information content (AvgIpc) is 1.90. The maximum Gasteiger partial charge on any atom is 0.248 e. The van der Waals surface area contributed by atoms with E-state index in [2.05, 4.69) is 0 Å². The molecule has 2 unspecified atom stereocenters. The highest BCUT2D eigenvalue weighted by molar-refractivity contribution is 5.79. The second kappa shape index (κ2) is 4.24. The lowest BCUT2D eigenvalue weighted by molar-refractivity contribution is -0.133. The number of methoxy groups -OCH3 is 1. The van der Waals surface area contributed by atoms with E-state index in [1.807, 2.05) is 0 Å². The first-order chi connectivity index (χ1) is 4.63. The second-order valence-corrected chi connectivity index (χ2v) is 2.03. The van der Waals surface area contributed by atoms with Crippen LogP contribution in [0.2, 0.25) is 0 Å². The third-order valence-corrected chi connectivity index (χ3v) is 1.35. The number of amides is 1. The molecule has 0 rings (SSSR count). The Labute approximate surface area is 60.0 Å². The quantitative estimate of drug-likeness (QED) is 0.550. The zero-order valence-corrected chi connectivity index (χ0v) is 6.20. The van der Waals surface area contributed by atoms with Crippen molar-refractivity contribution in [3.8, 4) is 0 Å². The molecule has 0 aromatic rings. The summed E-state index contributed by atoms with van der Waals surface area (Å²) < 4.78 is 4.77. The van der Waals surface area contributed by atoms with Gasteiger partial charge in [-0.05, 0) is 6.42 Å². The van der Waals surface area contributed by atoms with Crippen LogP contribution >= 0.6 is 0 Å². The van der Waals surface area contributed by atoms with Crippen LogP contribution in [0.15, 0.2) is 0 Å². The molecule has 0 spiro atoms. The van der Waals surface area contributed by atoms with E-state index < -0.39 is 18.1 Å². The number of carbonyl (C=O) groups is 1. The molecule has 0 aliphatic carbocycles. The molecule has 0 aromatic heterocycles. The molecular formula is C6H13NO3. The summed E-state index contributed by atoms with van der Waals surface area (Å²) in [7, 11) is 1.43. The van der Waals surface area contributed by atoms with Crippen LogP contribution in [0.25, 0.3) is 0 Å². The van der Waals surface area contributed by atoms with Crippen molar-refractivity contribution in [2.45, 2.75) is 25.6 Å². The maximum absolute atomic E-state index is 10.4. The molecule has 0 fully saturated rings. The first-order valence-corrected chi connectivity index (χ1v) is 3.13. The van der Waals surface area contributed by atoms with Gasteiger partial charge in [0.05, 0.1) is 6.10 Å². The van der Waals surface area contributed by atoms with Crippen LogP contribution in [0.1, 0.15) is 13.3 Å². The zero-order valence-electron chi connectivity index (χ0n) is 6.20. The Morgan fingerprint density at radius 1 is 1.80 bits per heavy atom. The Kier molecular flexibility index (Phi) is 3.99. The molecular weight excluding hydrogens is 134 g/mol. The molecule has 2 atom stereocenters. The number of carbonyl (C=O) groups excluding carboxylic acids is 1. The molecule has 0 aromatic carbocycles. The van der Waals surface area contributed by atoms with Gasteiger partial charge in [-0.25, -0.2) is 0 Å². The predicted octanol–water partition coefficient (Wildman–Crippen LogP) is -0.742. The topological polar surface area (TPSA) is 72.6 Å². The van der Waals surface area contributed by atoms with Crippen LogP contribution in [-0.4, -0.2) is 30.3 Å². The van der Waals surface area contributed by atoms with Crippen LogP contribution < -0.4 is 5.73 Å². The molecule has 60 valence electrons. The average molecular weight is 147 g/mol. The smallest absolute Gasteiger partial charge is 0.248 e. The van der Waals surface area contributed by atoms with E-state index in [-0.39, 0.29) is 0 Å². The molecule has 0 aliphatic heterocycles. The van der Waals surface area contributed by atoms with Gasteiger partial charge in [0.1, 0.15) is 0 Å². The Morgan fingerprint density at radius 2 is 2.30 bits per heavy atom. The summed E-state index contributed by atoms with van der Waals surface area (Å²) in [5, 5.41) is 8.99. The fourth-order valence-corrected chi connectivity index (χ4v) is 0.702. The van der Waals surface area contributed by atoms with Crippen LogP contribution in [0.5, 0.6) is 0 Å². The zero-order chi connectivity index (χ0) is 8.15. The molecule has 0 radical (unpaired) electrons. The fraction of sp³-hybridized carbons (Fsp3) is 0.833. The minimum Gasteiger partial charge on any atom is -0.381 e. The van der Waals surface area contributed by atoms with E-state index in [4.69, 9.17) is 15.6 Å². The molecule has 10 heavy (non-hydrogen) atoms. The SMILES string of the molecule is CCC(OC)C(O)C(N)=O. The monoisotopic (exact) mass is 147 g/mol. The highest BCUT2D eigenvalue weighted by atomic mass is 16.5. The van der Waals surface area contributed by atoms with Crippen LogP contribution in [0.4, 0.5) is 0 Å². The lowest BCUT2D eigenvalue weighted by atomic mass is 10.1. The molecule has 4 heteroatoms. The molecule has 3 N–H and O–H groups in total. The highest BCUT2D eigenvalue weighted by Crippen LogP contribution is 2.01. The van der Waals surface area contributed by atoms with Gasteiger partial charge in [-0.2, -0.15) is 0 Å². The van der Waals surface area contributed by atoms with Gasteiger partial charge in [-0.3, -0.25) is 4.79 Å². The molecule has 0 bridgehead atoms. The van der Waals surface area contributed by atoms with Crippen molar-refractivity contribution in [1.29, 1.82) is 0 Å². The van der Waals surface area contributed by atoms with Gasteiger partial charge in [0, 0.05) is 7.11 Å². The van der Waals surface area contributed by atoms with Crippen molar-refractivity contribution in [2.75, 3.05) is 7.11 Å². The summed E-state index contributed by atoms with van der Waals surface area (Å²) in [6, 6.07) is 0. The third kappa shape index (κ3) is 2.33. The number of primary amides is 1. The van der Waals surface area contributed by atoms with Crippen LogP contribution in [-0.2, 0) is 9.53 Å². The maximum atomic E-state index is 10.4. The molecule has 0 heterocycles. The first-order valence-electron chi connectivity index (χ1n) is 3.13. The van der Waals surface area contributed by atoms with Gasteiger partial charge >= 0.3 is 0 Å². The number of ether oxygens (including phenoxy) is 1. The highest BCUT2D eigenvalue weighted by Gasteiger charge is 2.21. The van der Waals surface area contributed by atoms with Crippen molar-refractivity contribution in [2.24, 2.45) is 5.73 Å². The third-order valence-electron chi connectivity index (χ3n) is 1.35. The fourth-order valence-electron chi connectivity index (χ4n) is 0.702. The van der Waals surface area contributed by atoms with E-state index in [1.165, 1.54) is 7.11 Å². The second-order valence-electron chi connectivity index (χ2n) is 2.03.